The monoisotopic (exact) mass is 623 g/mol. The van der Waals surface area contributed by atoms with Gasteiger partial charge in [-0.25, -0.2) is 12.8 Å². The van der Waals surface area contributed by atoms with Crippen molar-refractivity contribution in [1.82, 2.24) is 9.80 Å². The van der Waals surface area contributed by atoms with Gasteiger partial charge < -0.3 is 14.7 Å². The zero-order valence-electron chi connectivity index (χ0n) is 22.9. The van der Waals surface area contributed by atoms with Crippen LogP contribution in [0.15, 0.2) is 65.6 Å². The molecule has 0 radical (unpaired) electrons. The van der Waals surface area contributed by atoms with Crippen molar-refractivity contribution in [1.29, 1.82) is 0 Å². The number of hydrogen-bond acceptors (Lipinski definition) is 6. The van der Waals surface area contributed by atoms with E-state index in [-0.39, 0.29) is 40.3 Å². The summed E-state index contributed by atoms with van der Waals surface area (Å²) in [5, 5.41) is 10.8. The van der Waals surface area contributed by atoms with Crippen LogP contribution in [0.1, 0.15) is 29.8 Å². The summed E-state index contributed by atoms with van der Waals surface area (Å²) in [6.45, 7) is 4.72. The van der Waals surface area contributed by atoms with Crippen molar-refractivity contribution in [2.45, 2.75) is 37.4 Å². The molecule has 0 aliphatic carbocycles. The van der Waals surface area contributed by atoms with E-state index in [0.29, 0.717) is 29.7 Å². The fourth-order valence-electron chi connectivity index (χ4n) is 4.68. The van der Waals surface area contributed by atoms with E-state index in [1.54, 1.807) is 36.1 Å². The average molecular weight is 625 g/mol. The highest BCUT2D eigenvalue weighted by molar-refractivity contribution is 7.92. The molecule has 2 N–H and O–H groups in total. The Bertz CT molecular complexity index is 1510. The Hall–Kier alpha value is -2.89. The third-order valence-electron chi connectivity index (χ3n) is 6.99. The Balaban J connectivity index is 1.70. The van der Waals surface area contributed by atoms with Crippen molar-refractivity contribution in [3.8, 4) is 5.75 Å². The first-order valence-corrected chi connectivity index (χ1v) is 15.3. The Kier molecular flexibility index (Phi) is 9.81. The fourth-order valence-corrected chi connectivity index (χ4v) is 6.06. The highest BCUT2D eigenvalue weighted by atomic mass is 35.5. The highest BCUT2D eigenvalue weighted by Gasteiger charge is 2.35. The number of aliphatic hydroxyl groups excluding tert-OH is 1. The number of sulfonamides is 1. The molecule has 4 rings (SSSR count). The minimum atomic E-state index is -4.13. The van der Waals surface area contributed by atoms with Crippen LogP contribution in [0, 0.1) is 11.7 Å². The summed E-state index contributed by atoms with van der Waals surface area (Å²) in [5.41, 5.74) is 1.18. The smallest absolute Gasteiger partial charge is 0.262 e. The fraction of sp³-hybridized carbons (Fsp3) is 0.345. The second-order valence-electron chi connectivity index (χ2n) is 10.3. The summed E-state index contributed by atoms with van der Waals surface area (Å²) in [6.07, 6.45) is -0.473. The van der Waals surface area contributed by atoms with E-state index in [4.69, 9.17) is 27.9 Å². The minimum absolute atomic E-state index is 0.0722. The molecule has 1 amide bonds. The van der Waals surface area contributed by atoms with Crippen molar-refractivity contribution in [3.63, 3.8) is 0 Å². The van der Waals surface area contributed by atoms with Crippen LogP contribution >= 0.6 is 23.2 Å². The molecule has 0 aromatic heterocycles. The lowest BCUT2D eigenvalue weighted by Crippen LogP contribution is -2.49. The number of halogens is 3. The topological polar surface area (TPSA) is 99.2 Å². The number of aliphatic hydroxyl groups is 1. The number of benzene rings is 3. The maximum atomic E-state index is 13.7. The molecule has 12 heteroatoms. The number of hydrogen-bond donors (Lipinski definition) is 2. The van der Waals surface area contributed by atoms with Gasteiger partial charge in [0.25, 0.3) is 15.9 Å². The minimum Gasteiger partial charge on any atom is -0.486 e. The number of nitrogens with zero attached hydrogens (tertiary/aromatic N) is 2. The number of para-hydroxylation sites is 1. The molecule has 8 nitrogen and oxygen atoms in total. The van der Waals surface area contributed by atoms with Crippen LogP contribution in [-0.4, -0.2) is 68.1 Å². The SMILES string of the molecule is C[C@@H]1CN([C@@H](C)CO)C(=O)c2cccc(NS(=O)(=O)c3ccc(F)cc3)c2O[C@H]1CN(C)Cc1ccc(Cl)c(Cl)c1. The molecule has 1 aliphatic heterocycles. The molecule has 0 unspecified atom stereocenters. The van der Waals surface area contributed by atoms with E-state index >= 15 is 0 Å². The molecular weight excluding hydrogens is 592 g/mol. The van der Waals surface area contributed by atoms with Crippen molar-refractivity contribution in [3.05, 3.63) is 87.7 Å². The number of amides is 1. The summed E-state index contributed by atoms with van der Waals surface area (Å²) in [7, 11) is -2.22. The van der Waals surface area contributed by atoms with Gasteiger partial charge in [-0.2, -0.15) is 0 Å². The van der Waals surface area contributed by atoms with E-state index in [1.165, 1.54) is 6.07 Å². The van der Waals surface area contributed by atoms with Crippen LogP contribution < -0.4 is 9.46 Å². The lowest BCUT2D eigenvalue weighted by atomic mass is 9.99. The molecule has 0 saturated carbocycles. The number of rotatable bonds is 9. The predicted molar refractivity (Wildman–Crippen MR) is 158 cm³/mol. The molecule has 220 valence electrons. The normalized spacial score (nSPS) is 18.3. The summed E-state index contributed by atoms with van der Waals surface area (Å²) >= 11 is 12.3. The summed E-state index contributed by atoms with van der Waals surface area (Å²) in [6, 6.07) is 14.0. The molecule has 0 saturated heterocycles. The zero-order valence-corrected chi connectivity index (χ0v) is 25.2. The number of carbonyl (C=O) groups excluding carboxylic acids is 1. The summed E-state index contributed by atoms with van der Waals surface area (Å²) in [4.78, 5) is 17.1. The van der Waals surface area contributed by atoms with Gasteiger partial charge in [0.1, 0.15) is 11.9 Å². The summed E-state index contributed by atoms with van der Waals surface area (Å²) in [5.74, 6) is -1.07. The Morgan fingerprint density at radius 1 is 1.15 bits per heavy atom. The predicted octanol–water partition coefficient (Wildman–Crippen LogP) is 5.29. The average Bonchev–Trinajstić information content (AvgIpc) is 2.92. The second kappa shape index (κ2) is 13.0. The van der Waals surface area contributed by atoms with Crippen LogP contribution in [-0.2, 0) is 16.6 Å². The van der Waals surface area contributed by atoms with Gasteiger partial charge in [0, 0.05) is 25.6 Å². The first-order valence-electron chi connectivity index (χ1n) is 13.0. The Morgan fingerprint density at radius 3 is 2.51 bits per heavy atom. The number of ether oxygens (including phenoxy) is 1. The molecule has 3 aromatic carbocycles. The summed E-state index contributed by atoms with van der Waals surface area (Å²) < 4.78 is 48.8. The van der Waals surface area contributed by atoms with Crippen molar-refractivity contribution >= 4 is 44.8 Å². The molecule has 1 heterocycles. The highest BCUT2D eigenvalue weighted by Crippen LogP contribution is 2.36. The number of likely N-dealkylation sites (N-methyl/N-ethyl adjacent to an activating group) is 1. The van der Waals surface area contributed by atoms with E-state index in [2.05, 4.69) is 4.72 Å². The van der Waals surface area contributed by atoms with Gasteiger partial charge in [0.15, 0.2) is 5.75 Å². The molecular formula is C29H32Cl2FN3O5S. The van der Waals surface area contributed by atoms with Crippen molar-refractivity contribution < 1.29 is 27.4 Å². The Labute approximate surface area is 249 Å². The van der Waals surface area contributed by atoms with E-state index in [1.807, 2.05) is 24.9 Å². The van der Waals surface area contributed by atoms with Crippen molar-refractivity contribution in [2.75, 3.05) is 31.5 Å². The zero-order chi connectivity index (χ0) is 29.9. The quantitative estimate of drug-likeness (QED) is 0.336. The first kappa shape index (κ1) is 31.1. The van der Waals surface area contributed by atoms with E-state index in [9.17, 15) is 22.7 Å². The van der Waals surface area contributed by atoms with Gasteiger partial charge in [-0.3, -0.25) is 14.4 Å². The number of fused-ring (bicyclic) bond motifs is 1. The van der Waals surface area contributed by atoms with Crippen molar-refractivity contribution in [2.24, 2.45) is 5.92 Å². The molecule has 3 atom stereocenters. The lowest BCUT2D eigenvalue weighted by Gasteiger charge is -2.38. The maximum Gasteiger partial charge on any atom is 0.262 e. The largest absolute Gasteiger partial charge is 0.486 e. The number of carbonyl (C=O) groups is 1. The van der Waals surface area contributed by atoms with Gasteiger partial charge in [-0.05, 0) is 68.1 Å². The Morgan fingerprint density at radius 2 is 1.85 bits per heavy atom. The van der Waals surface area contributed by atoms with Crippen LogP contribution in [0.4, 0.5) is 10.1 Å². The van der Waals surface area contributed by atoms with Gasteiger partial charge in [0.2, 0.25) is 0 Å². The molecule has 0 bridgehead atoms. The number of anilines is 1. The third kappa shape index (κ3) is 7.31. The maximum absolute atomic E-state index is 13.7. The van der Waals surface area contributed by atoms with Gasteiger partial charge in [-0.15, -0.1) is 0 Å². The molecule has 0 fully saturated rings. The standard InChI is InChI=1S/C29H32Cl2FN3O5S/c1-18-14-35(19(2)17-36)29(37)23-5-4-6-26(33-41(38,39)22-10-8-21(32)9-11-22)28(23)40-27(18)16-34(3)15-20-7-12-24(30)25(31)13-20/h4-13,18-19,27,33,36H,14-17H2,1-3H3/t18-,19+,27+/m1/s1. The van der Waals surface area contributed by atoms with Crippen LogP contribution in [0.2, 0.25) is 10.0 Å². The molecule has 0 spiro atoms. The van der Waals surface area contributed by atoms with Gasteiger partial charge >= 0.3 is 0 Å². The van der Waals surface area contributed by atoms with E-state index < -0.39 is 28.0 Å². The first-order chi connectivity index (χ1) is 19.4. The molecule has 3 aromatic rings. The molecule has 1 aliphatic rings. The molecule has 41 heavy (non-hydrogen) atoms. The lowest BCUT2D eigenvalue weighted by molar-refractivity contribution is 0.0344. The number of nitrogens with one attached hydrogen (secondary N) is 1. The van der Waals surface area contributed by atoms with Crippen LogP contribution in [0.3, 0.4) is 0 Å². The van der Waals surface area contributed by atoms with Gasteiger partial charge in [-0.1, -0.05) is 42.3 Å². The van der Waals surface area contributed by atoms with E-state index in [0.717, 1.165) is 29.8 Å². The third-order valence-corrected chi connectivity index (χ3v) is 9.11. The van der Waals surface area contributed by atoms with Gasteiger partial charge in [0.05, 0.1) is 38.8 Å². The van der Waals surface area contributed by atoms with Crippen LogP contribution in [0.25, 0.3) is 0 Å². The second-order valence-corrected chi connectivity index (χ2v) is 12.8. The van der Waals surface area contributed by atoms with Crippen LogP contribution in [0.5, 0.6) is 5.75 Å².